The topological polar surface area (TPSA) is 46.9 Å². The standard InChI is InChI=1S/C13H27ClN2O2/c1-12(2)6-10(7-13(3,4)16(12)14)15(5)8-11(18)9-17/h10-11,17-18H,6-9H2,1-5H3. The molecule has 1 rings (SSSR count). The molecule has 1 unspecified atom stereocenters. The van der Waals surface area contributed by atoms with Gasteiger partial charge in [0, 0.05) is 23.7 Å². The minimum Gasteiger partial charge on any atom is -0.394 e. The molecule has 1 aliphatic rings. The number of hydrogen-bond acceptors (Lipinski definition) is 4. The van der Waals surface area contributed by atoms with E-state index in [1.807, 2.05) is 11.5 Å². The lowest BCUT2D eigenvalue weighted by atomic mass is 9.79. The van der Waals surface area contributed by atoms with Crippen LogP contribution in [0, 0.1) is 0 Å². The van der Waals surface area contributed by atoms with Crippen LogP contribution in [-0.4, -0.2) is 63.0 Å². The van der Waals surface area contributed by atoms with Crippen molar-refractivity contribution in [2.24, 2.45) is 0 Å². The SMILES string of the molecule is CN(CC(O)CO)C1CC(C)(C)N(Cl)C(C)(C)C1. The van der Waals surface area contributed by atoms with Crippen molar-refractivity contribution in [3.05, 3.63) is 0 Å². The highest BCUT2D eigenvalue weighted by Gasteiger charge is 2.45. The number of rotatable bonds is 4. The Kier molecular flexibility index (Phi) is 5.06. The third-order valence-electron chi connectivity index (χ3n) is 3.87. The van der Waals surface area contributed by atoms with Crippen LogP contribution in [0.25, 0.3) is 0 Å². The van der Waals surface area contributed by atoms with Gasteiger partial charge >= 0.3 is 0 Å². The van der Waals surface area contributed by atoms with Gasteiger partial charge in [-0.25, -0.2) is 4.42 Å². The monoisotopic (exact) mass is 278 g/mol. The average Bonchev–Trinajstić information content (AvgIpc) is 2.24. The molecular weight excluding hydrogens is 252 g/mol. The first-order valence-corrected chi connectivity index (χ1v) is 6.89. The van der Waals surface area contributed by atoms with Gasteiger partial charge in [-0.05, 0) is 59.4 Å². The van der Waals surface area contributed by atoms with Gasteiger partial charge in [-0.3, -0.25) is 0 Å². The van der Waals surface area contributed by atoms with Crippen LogP contribution in [0.2, 0.25) is 0 Å². The van der Waals surface area contributed by atoms with Gasteiger partial charge in [0.15, 0.2) is 0 Å². The Morgan fingerprint density at radius 1 is 1.28 bits per heavy atom. The molecule has 1 atom stereocenters. The fourth-order valence-electron chi connectivity index (χ4n) is 3.06. The molecule has 0 radical (unpaired) electrons. The van der Waals surface area contributed by atoms with Crippen LogP contribution in [0.3, 0.4) is 0 Å². The predicted octanol–water partition coefficient (Wildman–Crippen LogP) is 1.45. The Labute approximate surface area is 116 Å². The van der Waals surface area contributed by atoms with Crippen LogP contribution in [0.4, 0.5) is 0 Å². The molecule has 0 aromatic heterocycles. The van der Waals surface area contributed by atoms with Crippen LogP contribution < -0.4 is 0 Å². The van der Waals surface area contributed by atoms with Gasteiger partial charge < -0.3 is 15.1 Å². The van der Waals surface area contributed by atoms with Crippen LogP contribution in [0.1, 0.15) is 40.5 Å². The summed E-state index contributed by atoms with van der Waals surface area (Å²) in [6.07, 6.45) is 1.23. The molecule has 1 heterocycles. The number of halogens is 1. The van der Waals surface area contributed by atoms with Gasteiger partial charge in [0.1, 0.15) is 0 Å². The van der Waals surface area contributed by atoms with Crippen molar-refractivity contribution in [3.8, 4) is 0 Å². The first kappa shape index (κ1) is 16.2. The Morgan fingerprint density at radius 2 is 1.72 bits per heavy atom. The Morgan fingerprint density at radius 3 is 2.11 bits per heavy atom. The van der Waals surface area contributed by atoms with Gasteiger partial charge in [0.2, 0.25) is 0 Å². The molecule has 4 nitrogen and oxygen atoms in total. The van der Waals surface area contributed by atoms with Gasteiger partial charge in [-0.2, -0.15) is 0 Å². The van der Waals surface area contributed by atoms with E-state index in [1.54, 1.807) is 0 Å². The summed E-state index contributed by atoms with van der Waals surface area (Å²) in [4.78, 5) is 2.13. The van der Waals surface area contributed by atoms with Crippen molar-refractivity contribution < 1.29 is 10.2 Å². The minimum absolute atomic E-state index is 0.0770. The van der Waals surface area contributed by atoms with E-state index >= 15 is 0 Å². The van der Waals surface area contributed by atoms with E-state index in [0.717, 1.165) is 12.8 Å². The molecule has 2 N–H and O–H groups in total. The summed E-state index contributed by atoms with van der Waals surface area (Å²) >= 11 is 6.43. The third kappa shape index (κ3) is 3.58. The van der Waals surface area contributed by atoms with E-state index in [9.17, 15) is 5.11 Å². The highest BCUT2D eigenvalue weighted by molar-refractivity contribution is 6.14. The first-order chi connectivity index (χ1) is 8.10. The van der Waals surface area contributed by atoms with Gasteiger partial charge in [0.05, 0.1) is 12.7 Å². The molecule has 0 bridgehead atoms. The molecule has 0 aromatic rings. The van der Waals surface area contributed by atoms with Crippen LogP contribution in [-0.2, 0) is 0 Å². The highest BCUT2D eigenvalue weighted by Crippen LogP contribution is 2.41. The van der Waals surface area contributed by atoms with Crippen LogP contribution in [0.15, 0.2) is 0 Å². The summed E-state index contributed by atoms with van der Waals surface area (Å²) in [6.45, 7) is 8.88. The lowest BCUT2D eigenvalue weighted by Gasteiger charge is -2.53. The number of aliphatic hydroxyl groups excluding tert-OH is 2. The summed E-state index contributed by atoms with van der Waals surface area (Å²) < 4.78 is 1.92. The molecule has 0 saturated carbocycles. The molecule has 1 aliphatic heterocycles. The summed E-state index contributed by atoms with van der Waals surface area (Å²) in [7, 11) is 2.00. The second kappa shape index (κ2) is 5.63. The van der Waals surface area contributed by atoms with E-state index in [2.05, 4.69) is 32.6 Å². The summed E-state index contributed by atoms with van der Waals surface area (Å²) in [6, 6.07) is 0.367. The van der Waals surface area contributed by atoms with Gasteiger partial charge in [0.25, 0.3) is 0 Å². The van der Waals surface area contributed by atoms with Crippen molar-refractivity contribution in [1.82, 2.24) is 9.32 Å². The van der Waals surface area contributed by atoms with Crippen LogP contribution >= 0.6 is 11.8 Å². The van der Waals surface area contributed by atoms with Crippen molar-refractivity contribution in [2.75, 3.05) is 20.2 Å². The molecular formula is C13H27ClN2O2. The van der Waals surface area contributed by atoms with E-state index in [4.69, 9.17) is 16.9 Å². The second-order valence-electron chi connectivity index (χ2n) is 6.74. The molecule has 5 heteroatoms. The number of nitrogens with zero attached hydrogens (tertiary/aromatic N) is 2. The maximum Gasteiger partial charge on any atom is 0.0897 e. The average molecular weight is 279 g/mol. The largest absolute Gasteiger partial charge is 0.394 e. The molecule has 0 aromatic carbocycles. The van der Waals surface area contributed by atoms with E-state index in [0.29, 0.717) is 12.6 Å². The number of aliphatic hydroxyl groups is 2. The molecule has 1 fully saturated rings. The van der Waals surface area contributed by atoms with Crippen molar-refractivity contribution in [1.29, 1.82) is 0 Å². The van der Waals surface area contributed by atoms with Crippen molar-refractivity contribution in [2.45, 2.75) is 63.8 Å². The molecule has 1 saturated heterocycles. The Bertz CT molecular complexity index is 266. The zero-order valence-electron chi connectivity index (χ0n) is 12.1. The number of piperidine rings is 1. The lowest BCUT2D eigenvalue weighted by molar-refractivity contribution is -0.0157. The molecule has 0 spiro atoms. The zero-order valence-corrected chi connectivity index (χ0v) is 12.9. The predicted molar refractivity (Wildman–Crippen MR) is 74.6 cm³/mol. The normalized spacial score (nSPS) is 26.5. The van der Waals surface area contributed by atoms with E-state index in [-0.39, 0.29) is 17.7 Å². The van der Waals surface area contributed by atoms with Crippen molar-refractivity contribution in [3.63, 3.8) is 0 Å². The van der Waals surface area contributed by atoms with E-state index in [1.165, 1.54) is 0 Å². The smallest absolute Gasteiger partial charge is 0.0897 e. The maximum atomic E-state index is 9.54. The Balaban J connectivity index is 2.74. The minimum atomic E-state index is -0.671. The summed E-state index contributed by atoms with van der Waals surface area (Å²) in [5.74, 6) is 0. The Hall–Kier alpha value is 0.130. The molecule has 0 amide bonds. The number of likely N-dealkylation sites (N-methyl/N-ethyl adjacent to an activating group) is 1. The fraction of sp³-hybridized carbons (Fsp3) is 1.00. The quantitative estimate of drug-likeness (QED) is 0.764. The second-order valence-corrected chi connectivity index (χ2v) is 7.08. The number of hydrogen-bond donors (Lipinski definition) is 2. The third-order valence-corrected chi connectivity index (χ3v) is 4.78. The first-order valence-electron chi connectivity index (χ1n) is 6.55. The molecule has 0 aliphatic carbocycles. The fourth-order valence-corrected chi connectivity index (χ4v) is 3.19. The van der Waals surface area contributed by atoms with Crippen molar-refractivity contribution >= 4 is 11.8 Å². The van der Waals surface area contributed by atoms with Gasteiger partial charge in [-0.15, -0.1) is 0 Å². The maximum absolute atomic E-state index is 9.54. The molecule has 108 valence electrons. The summed E-state index contributed by atoms with van der Waals surface area (Å²) in [5.41, 5.74) is -0.154. The summed E-state index contributed by atoms with van der Waals surface area (Å²) in [5, 5.41) is 18.5. The molecule has 18 heavy (non-hydrogen) atoms. The van der Waals surface area contributed by atoms with Gasteiger partial charge in [-0.1, -0.05) is 0 Å². The van der Waals surface area contributed by atoms with Crippen LogP contribution in [0.5, 0.6) is 0 Å². The lowest BCUT2D eigenvalue weighted by Crippen LogP contribution is -2.60. The zero-order chi connectivity index (χ0) is 14.1. The van der Waals surface area contributed by atoms with E-state index < -0.39 is 6.10 Å². The highest BCUT2D eigenvalue weighted by atomic mass is 35.5.